The molecule has 2 N–H and O–H groups in total. The largest absolute Gasteiger partial charge is 0.483 e. The maximum absolute atomic E-state index is 13.3. The van der Waals surface area contributed by atoms with Gasteiger partial charge in [0.15, 0.2) is 12.4 Å². The van der Waals surface area contributed by atoms with E-state index in [1.54, 1.807) is 6.20 Å². The summed E-state index contributed by atoms with van der Waals surface area (Å²) in [7, 11) is 0. The zero-order chi connectivity index (χ0) is 33.4. The van der Waals surface area contributed by atoms with Crippen molar-refractivity contribution < 1.29 is 23.7 Å². The molecular weight excluding hydrogens is 578 g/mol. The Hall–Kier alpha value is -2.52. The molecule has 8 heteroatoms. The monoisotopic (exact) mass is 637 g/mol. The smallest absolute Gasteiger partial charge is 0.311 e. The Morgan fingerprint density at radius 3 is 2.43 bits per heavy atom. The van der Waals surface area contributed by atoms with Crippen LogP contribution in [0, 0.1) is 16.2 Å². The standard InChI is InChI=1S/C38H59N3O5/c1-27-24-31(41-28(2)29-16-14-21-40-25-29)32(45-30-17-10-9-11-18-30)33(44-27)46-34-36(3,4)19-15-22-39-20-12-13-23-43-35(42)38(7,8)26-37(34,5)6/h9-11,14,16-18,21,25,27-28,31-34,39,41H,12-13,15,19-20,22-24,26H2,1-8H3/t27-,28?,31+,32-,33+,34?/m1/s1. The molecule has 2 aliphatic heterocycles. The van der Waals surface area contributed by atoms with Gasteiger partial charge in [-0.3, -0.25) is 9.78 Å². The van der Waals surface area contributed by atoms with E-state index in [4.69, 9.17) is 18.9 Å². The molecule has 2 aliphatic rings. The van der Waals surface area contributed by atoms with Crippen molar-refractivity contribution in [3.05, 3.63) is 60.4 Å². The molecule has 0 bridgehead atoms. The number of nitrogens with zero attached hydrogens (tertiary/aromatic N) is 1. The number of aromatic nitrogens is 1. The molecule has 0 spiro atoms. The van der Waals surface area contributed by atoms with Gasteiger partial charge in [-0.25, -0.2) is 0 Å². The van der Waals surface area contributed by atoms with Gasteiger partial charge in [0.1, 0.15) is 5.75 Å². The van der Waals surface area contributed by atoms with Crippen LogP contribution in [0.5, 0.6) is 5.75 Å². The van der Waals surface area contributed by atoms with Crippen molar-refractivity contribution >= 4 is 5.97 Å². The fraction of sp³-hybridized carbons (Fsp3) is 0.684. The molecule has 2 fully saturated rings. The molecule has 2 saturated heterocycles. The number of rotatable bonds is 7. The number of hydrogen-bond acceptors (Lipinski definition) is 8. The summed E-state index contributed by atoms with van der Waals surface area (Å²) in [6, 6.07) is 14.0. The zero-order valence-corrected chi connectivity index (χ0v) is 29.5. The second-order valence-corrected chi connectivity index (χ2v) is 15.5. The van der Waals surface area contributed by atoms with Crippen LogP contribution in [0.15, 0.2) is 54.9 Å². The maximum atomic E-state index is 13.3. The fourth-order valence-electron chi connectivity index (χ4n) is 7.66. The van der Waals surface area contributed by atoms with Crippen molar-refractivity contribution in [3.8, 4) is 5.75 Å². The second-order valence-electron chi connectivity index (χ2n) is 15.5. The molecule has 46 heavy (non-hydrogen) atoms. The minimum absolute atomic E-state index is 0.0479. The van der Waals surface area contributed by atoms with E-state index in [0.29, 0.717) is 13.0 Å². The summed E-state index contributed by atoms with van der Waals surface area (Å²) in [6.45, 7) is 19.6. The van der Waals surface area contributed by atoms with Crippen LogP contribution in [-0.2, 0) is 19.0 Å². The number of esters is 1. The Morgan fingerprint density at radius 1 is 0.978 bits per heavy atom. The third-order valence-corrected chi connectivity index (χ3v) is 9.58. The zero-order valence-electron chi connectivity index (χ0n) is 29.5. The molecule has 2 aromatic rings. The van der Waals surface area contributed by atoms with Crippen LogP contribution in [0.25, 0.3) is 0 Å². The Labute approximate surface area is 277 Å². The van der Waals surface area contributed by atoms with Gasteiger partial charge in [-0.1, -0.05) is 52.0 Å². The molecule has 1 aromatic heterocycles. The number of benzene rings is 1. The molecule has 256 valence electrons. The van der Waals surface area contributed by atoms with Crippen molar-refractivity contribution in [2.75, 3.05) is 19.7 Å². The predicted octanol–water partition coefficient (Wildman–Crippen LogP) is 7.24. The van der Waals surface area contributed by atoms with Gasteiger partial charge in [-0.15, -0.1) is 0 Å². The average Bonchev–Trinajstić information content (AvgIpc) is 3.00. The highest BCUT2D eigenvalue weighted by Crippen LogP contribution is 2.47. The van der Waals surface area contributed by atoms with E-state index in [9.17, 15) is 4.79 Å². The summed E-state index contributed by atoms with van der Waals surface area (Å²) in [5, 5.41) is 7.42. The molecule has 8 nitrogen and oxygen atoms in total. The topological polar surface area (TPSA) is 90.9 Å². The van der Waals surface area contributed by atoms with Crippen LogP contribution in [0.4, 0.5) is 0 Å². The lowest BCUT2D eigenvalue weighted by Gasteiger charge is -2.50. The van der Waals surface area contributed by atoms with Crippen molar-refractivity contribution in [1.82, 2.24) is 15.6 Å². The van der Waals surface area contributed by atoms with E-state index in [1.165, 1.54) is 0 Å². The van der Waals surface area contributed by atoms with Crippen molar-refractivity contribution in [2.24, 2.45) is 16.2 Å². The number of nitrogens with one attached hydrogen (secondary N) is 2. The minimum Gasteiger partial charge on any atom is -0.483 e. The molecule has 0 radical (unpaired) electrons. The molecule has 2 unspecified atom stereocenters. The fourth-order valence-corrected chi connectivity index (χ4v) is 7.66. The first-order valence-corrected chi connectivity index (χ1v) is 17.3. The Morgan fingerprint density at radius 2 is 1.72 bits per heavy atom. The summed E-state index contributed by atoms with van der Waals surface area (Å²) < 4.78 is 26.5. The predicted molar refractivity (Wildman–Crippen MR) is 183 cm³/mol. The lowest BCUT2D eigenvalue weighted by Crippen LogP contribution is -2.60. The van der Waals surface area contributed by atoms with Gasteiger partial charge in [0.25, 0.3) is 0 Å². The summed E-state index contributed by atoms with van der Waals surface area (Å²) >= 11 is 0. The van der Waals surface area contributed by atoms with Gasteiger partial charge in [-0.2, -0.15) is 0 Å². The number of cyclic esters (lactones) is 1. The van der Waals surface area contributed by atoms with Crippen LogP contribution in [0.1, 0.15) is 106 Å². The quantitative estimate of drug-likeness (QED) is 0.307. The molecule has 0 saturated carbocycles. The van der Waals surface area contributed by atoms with E-state index < -0.39 is 23.2 Å². The van der Waals surface area contributed by atoms with Crippen molar-refractivity contribution in [2.45, 2.75) is 131 Å². The molecule has 6 atom stereocenters. The Kier molecular flexibility index (Phi) is 12.7. The third-order valence-electron chi connectivity index (χ3n) is 9.58. The number of hydrogen-bond donors (Lipinski definition) is 2. The number of carbonyl (C=O) groups is 1. The van der Waals surface area contributed by atoms with Gasteiger partial charge in [0.2, 0.25) is 0 Å². The number of para-hydroxylation sites is 1. The number of ether oxygens (including phenoxy) is 4. The van der Waals surface area contributed by atoms with Crippen LogP contribution < -0.4 is 15.4 Å². The molecule has 3 heterocycles. The van der Waals surface area contributed by atoms with E-state index in [1.807, 2.05) is 56.4 Å². The summed E-state index contributed by atoms with van der Waals surface area (Å²) in [4.78, 5) is 17.7. The highest BCUT2D eigenvalue weighted by atomic mass is 16.7. The summed E-state index contributed by atoms with van der Waals surface area (Å²) in [5.41, 5.74) is -0.181. The van der Waals surface area contributed by atoms with Gasteiger partial charge >= 0.3 is 5.97 Å². The number of carbonyl (C=O) groups excluding carboxylic acids is 1. The highest BCUT2D eigenvalue weighted by molar-refractivity contribution is 5.76. The maximum Gasteiger partial charge on any atom is 0.311 e. The third kappa shape index (κ3) is 9.99. The van der Waals surface area contributed by atoms with Crippen molar-refractivity contribution in [1.29, 1.82) is 0 Å². The van der Waals surface area contributed by atoms with Gasteiger partial charge < -0.3 is 29.6 Å². The SMILES string of the molecule is CC(N[C@H]1C[C@@H](C)O[C@@H](OC2C(C)(C)CCCNCCCCOC(=O)C(C)(C)CC2(C)C)[C@@H]1Oc1ccccc1)c1cccnc1. The molecule has 0 amide bonds. The lowest BCUT2D eigenvalue weighted by molar-refractivity contribution is -0.286. The van der Waals surface area contributed by atoms with Crippen LogP contribution >= 0.6 is 0 Å². The molecule has 1 aromatic carbocycles. The van der Waals surface area contributed by atoms with E-state index >= 15 is 0 Å². The summed E-state index contributed by atoms with van der Waals surface area (Å²) in [5.74, 6) is 0.622. The first kappa shape index (κ1) is 36.3. The van der Waals surface area contributed by atoms with E-state index in [-0.39, 0.29) is 35.7 Å². The van der Waals surface area contributed by atoms with Crippen LogP contribution in [0.2, 0.25) is 0 Å². The summed E-state index contributed by atoms with van der Waals surface area (Å²) in [6.07, 6.45) is 7.58. The number of pyridine rings is 1. The first-order chi connectivity index (χ1) is 21.8. The van der Waals surface area contributed by atoms with E-state index in [2.05, 4.69) is 63.2 Å². The van der Waals surface area contributed by atoms with Crippen LogP contribution in [-0.4, -0.2) is 61.3 Å². The Balaban J connectivity index is 1.68. The molecule has 0 aliphatic carbocycles. The minimum atomic E-state index is -0.677. The Bertz CT molecular complexity index is 1210. The highest BCUT2D eigenvalue weighted by Gasteiger charge is 2.50. The molecule has 4 rings (SSSR count). The normalized spacial score (nSPS) is 29.8. The lowest BCUT2D eigenvalue weighted by atomic mass is 9.64. The van der Waals surface area contributed by atoms with Gasteiger partial charge in [0, 0.05) is 18.4 Å². The van der Waals surface area contributed by atoms with Gasteiger partial charge in [-0.05, 0) is 114 Å². The molecular formula is C38H59N3O5. The second kappa shape index (κ2) is 16.1. The van der Waals surface area contributed by atoms with Crippen LogP contribution in [0.3, 0.4) is 0 Å². The average molecular weight is 638 g/mol. The van der Waals surface area contributed by atoms with Crippen molar-refractivity contribution in [3.63, 3.8) is 0 Å². The van der Waals surface area contributed by atoms with E-state index in [0.717, 1.165) is 56.5 Å². The first-order valence-electron chi connectivity index (χ1n) is 17.3. The van der Waals surface area contributed by atoms with Gasteiger partial charge in [0.05, 0.1) is 30.3 Å².